The first kappa shape index (κ1) is 29.7. The molecule has 0 aliphatic heterocycles. The maximum atomic E-state index is 13.8. The summed E-state index contributed by atoms with van der Waals surface area (Å²) in [6.07, 6.45) is 5.36. The van der Waals surface area contributed by atoms with Crippen LogP contribution in [0.1, 0.15) is 50.2 Å². The molecule has 7 nitrogen and oxygen atoms in total. The van der Waals surface area contributed by atoms with Gasteiger partial charge in [0.15, 0.2) is 0 Å². The largest absolute Gasteiger partial charge is 0.352 e. The van der Waals surface area contributed by atoms with Crippen molar-refractivity contribution >= 4 is 66.7 Å². The van der Waals surface area contributed by atoms with E-state index < -0.39 is 28.5 Å². The monoisotopic (exact) mass is 631 g/mol. The van der Waals surface area contributed by atoms with Gasteiger partial charge in [-0.2, -0.15) is 0 Å². The minimum absolute atomic E-state index is 0.0727. The minimum Gasteiger partial charge on any atom is -0.352 e. The molecule has 0 saturated heterocycles. The highest BCUT2D eigenvalue weighted by atomic mass is 79.9. The van der Waals surface area contributed by atoms with Crippen LogP contribution in [0.15, 0.2) is 40.9 Å². The van der Waals surface area contributed by atoms with Gasteiger partial charge < -0.3 is 10.2 Å². The van der Waals surface area contributed by atoms with Gasteiger partial charge in [-0.05, 0) is 67.6 Å². The molecule has 1 saturated carbocycles. The molecule has 1 atom stereocenters. The van der Waals surface area contributed by atoms with Crippen LogP contribution in [-0.2, 0) is 26.2 Å². The van der Waals surface area contributed by atoms with Crippen molar-refractivity contribution in [2.24, 2.45) is 0 Å². The molecule has 0 unspecified atom stereocenters. The fraction of sp³-hybridized carbons (Fsp3) is 0.462. The van der Waals surface area contributed by atoms with E-state index in [0.29, 0.717) is 27.7 Å². The first-order valence-electron chi connectivity index (χ1n) is 12.2. The molecule has 11 heteroatoms. The fourth-order valence-electron chi connectivity index (χ4n) is 4.52. The Morgan fingerprint density at radius 2 is 1.78 bits per heavy atom. The van der Waals surface area contributed by atoms with Crippen LogP contribution in [0.25, 0.3) is 0 Å². The van der Waals surface area contributed by atoms with E-state index in [4.69, 9.17) is 23.2 Å². The number of benzene rings is 2. The minimum atomic E-state index is -3.80. The van der Waals surface area contributed by atoms with Gasteiger partial charge in [-0.15, -0.1) is 0 Å². The zero-order chi connectivity index (χ0) is 27.3. The molecule has 1 aliphatic carbocycles. The first-order chi connectivity index (χ1) is 17.4. The Morgan fingerprint density at radius 3 is 2.35 bits per heavy atom. The molecule has 2 aromatic rings. The van der Waals surface area contributed by atoms with Crippen molar-refractivity contribution in [3.8, 4) is 0 Å². The molecule has 0 heterocycles. The Balaban J connectivity index is 1.95. The lowest BCUT2D eigenvalue weighted by Gasteiger charge is -2.33. The molecule has 1 aliphatic rings. The molecule has 0 spiro atoms. The Labute approximate surface area is 237 Å². The molecule has 0 radical (unpaired) electrons. The number of sulfonamides is 1. The molecule has 202 valence electrons. The Morgan fingerprint density at radius 1 is 1.11 bits per heavy atom. The molecule has 3 rings (SSSR count). The van der Waals surface area contributed by atoms with Gasteiger partial charge in [0.1, 0.15) is 12.6 Å². The Bertz CT molecular complexity index is 1250. The van der Waals surface area contributed by atoms with E-state index in [1.54, 1.807) is 36.4 Å². The van der Waals surface area contributed by atoms with Gasteiger partial charge in [0.25, 0.3) is 0 Å². The van der Waals surface area contributed by atoms with Gasteiger partial charge in [-0.25, -0.2) is 8.42 Å². The molecular weight excluding hydrogens is 601 g/mol. The van der Waals surface area contributed by atoms with Gasteiger partial charge in [0.2, 0.25) is 21.8 Å². The van der Waals surface area contributed by atoms with E-state index in [1.807, 2.05) is 13.8 Å². The number of halogens is 3. The molecule has 0 bridgehead atoms. The van der Waals surface area contributed by atoms with E-state index >= 15 is 0 Å². The summed E-state index contributed by atoms with van der Waals surface area (Å²) in [4.78, 5) is 28.6. The summed E-state index contributed by atoms with van der Waals surface area (Å²) < 4.78 is 27.4. The van der Waals surface area contributed by atoms with Crippen molar-refractivity contribution < 1.29 is 18.0 Å². The molecule has 37 heavy (non-hydrogen) atoms. The third-order valence-electron chi connectivity index (χ3n) is 6.53. The lowest BCUT2D eigenvalue weighted by atomic mass is 10.1. The number of nitrogens with zero attached hydrogens (tertiary/aromatic N) is 2. The zero-order valence-corrected chi connectivity index (χ0v) is 25.1. The predicted octanol–water partition coefficient (Wildman–Crippen LogP) is 5.70. The Kier molecular flexibility index (Phi) is 10.3. The summed E-state index contributed by atoms with van der Waals surface area (Å²) in [5.41, 5.74) is 1.88. The lowest BCUT2D eigenvalue weighted by Crippen LogP contribution is -2.53. The maximum Gasteiger partial charge on any atom is 0.244 e. The number of amides is 2. The van der Waals surface area contributed by atoms with Gasteiger partial charge in [-0.1, -0.05) is 65.0 Å². The van der Waals surface area contributed by atoms with Gasteiger partial charge in [0.05, 0.1) is 22.0 Å². The SMILES string of the molecule is CC[C@@H](C(=O)NC1CCCC1)N(Cc1ccc(Cl)c(Cl)c1)C(=O)CN(c1ccc(Br)c(C)c1)S(C)(=O)=O. The van der Waals surface area contributed by atoms with Crippen LogP contribution in [0.3, 0.4) is 0 Å². The van der Waals surface area contributed by atoms with Gasteiger partial charge in [-0.3, -0.25) is 13.9 Å². The number of anilines is 1. The summed E-state index contributed by atoms with van der Waals surface area (Å²) in [7, 11) is -3.80. The third kappa shape index (κ3) is 7.85. The van der Waals surface area contributed by atoms with Gasteiger partial charge in [0, 0.05) is 17.1 Å². The number of hydrogen-bond acceptors (Lipinski definition) is 4. The van der Waals surface area contributed by atoms with Crippen molar-refractivity contribution in [1.82, 2.24) is 10.2 Å². The first-order valence-corrected chi connectivity index (χ1v) is 15.6. The highest BCUT2D eigenvalue weighted by Gasteiger charge is 2.33. The van der Waals surface area contributed by atoms with E-state index in [-0.39, 0.29) is 18.5 Å². The number of carbonyl (C=O) groups is 2. The normalized spacial score (nSPS) is 14.9. The third-order valence-corrected chi connectivity index (χ3v) is 9.30. The smallest absolute Gasteiger partial charge is 0.244 e. The Hall–Kier alpha value is -1.81. The van der Waals surface area contributed by atoms with Crippen LogP contribution in [0.4, 0.5) is 5.69 Å². The van der Waals surface area contributed by atoms with Crippen molar-refractivity contribution in [1.29, 1.82) is 0 Å². The maximum absolute atomic E-state index is 13.8. The van der Waals surface area contributed by atoms with E-state index in [1.165, 1.54) is 4.90 Å². The van der Waals surface area contributed by atoms with E-state index in [9.17, 15) is 18.0 Å². The van der Waals surface area contributed by atoms with Crippen LogP contribution in [-0.4, -0.2) is 50.0 Å². The van der Waals surface area contributed by atoms with Crippen LogP contribution in [0.5, 0.6) is 0 Å². The fourth-order valence-corrected chi connectivity index (χ4v) is 5.93. The molecule has 0 aromatic heterocycles. The molecular formula is C26H32BrCl2N3O4S. The second-order valence-electron chi connectivity index (χ2n) is 9.39. The quantitative estimate of drug-likeness (QED) is 0.364. The highest BCUT2D eigenvalue weighted by molar-refractivity contribution is 9.10. The zero-order valence-electron chi connectivity index (χ0n) is 21.1. The average Bonchev–Trinajstić information content (AvgIpc) is 3.33. The van der Waals surface area contributed by atoms with Crippen LogP contribution < -0.4 is 9.62 Å². The van der Waals surface area contributed by atoms with Crippen molar-refractivity contribution in [3.63, 3.8) is 0 Å². The topological polar surface area (TPSA) is 86.8 Å². The summed E-state index contributed by atoms with van der Waals surface area (Å²) in [6, 6.07) is 9.41. The molecule has 2 aromatic carbocycles. The number of aryl methyl sites for hydroxylation is 1. The average molecular weight is 633 g/mol. The summed E-state index contributed by atoms with van der Waals surface area (Å²) in [6.45, 7) is 3.30. The number of carbonyl (C=O) groups excluding carboxylic acids is 2. The molecule has 1 N–H and O–H groups in total. The highest BCUT2D eigenvalue weighted by Crippen LogP contribution is 2.27. The van der Waals surface area contributed by atoms with Gasteiger partial charge >= 0.3 is 0 Å². The summed E-state index contributed by atoms with van der Waals surface area (Å²) in [5, 5.41) is 3.79. The standard InChI is InChI=1S/C26H32BrCl2N3O4S/c1-4-24(26(34)30-19-7-5-6-8-19)31(15-18-9-12-22(28)23(29)14-18)25(33)16-32(37(3,35)36)20-10-11-21(27)17(2)13-20/h9-14,19,24H,4-8,15-16H2,1-3H3,(H,30,34)/t24-/m0/s1. The van der Waals surface area contributed by atoms with Crippen molar-refractivity contribution in [3.05, 3.63) is 62.0 Å². The van der Waals surface area contributed by atoms with Crippen molar-refractivity contribution in [2.45, 2.75) is 64.6 Å². The second-order valence-corrected chi connectivity index (χ2v) is 13.0. The van der Waals surface area contributed by atoms with E-state index in [0.717, 1.165) is 46.3 Å². The summed E-state index contributed by atoms with van der Waals surface area (Å²) in [5.74, 6) is -0.737. The number of rotatable bonds is 10. The second kappa shape index (κ2) is 12.8. The van der Waals surface area contributed by atoms with Crippen LogP contribution in [0, 0.1) is 6.92 Å². The predicted molar refractivity (Wildman–Crippen MR) is 153 cm³/mol. The number of hydrogen-bond donors (Lipinski definition) is 1. The number of nitrogens with one attached hydrogen (secondary N) is 1. The van der Waals surface area contributed by atoms with Crippen LogP contribution in [0.2, 0.25) is 10.0 Å². The van der Waals surface area contributed by atoms with Crippen LogP contribution >= 0.6 is 39.1 Å². The lowest BCUT2D eigenvalue weighted by molar-refractivity contribution is -0.140. The summed E-state index contributed by atoms with van der Waals surface area (Å²) >= 11 is 15.7. The molecule has 1 fully saturated rings. The molecule has 2 amide bonds. The van der Waals surface area contributed by atoms with E-state index in [2.05, 4.69) is 21.2 Å². The van der Waals surface area contributed by atoms with Crippen molar-refractivity contribution in [2.75, 3.05) is 17.1 Å².